The molecule has 0 radical (unpaired) electrons. The summed E-state index contributed by atoms with van der Waals surface area (Å²) in [4.78, 5) is 23.7. The minimum Gasteiger partial charge on any atom is -0.465 e. The Hall–Kier alpha value is -1.12. The van der Waals surface area contributed by atoms with Crippen LogP contribution in [0.5, 0.6) is 0 Å². The van der Waals surface area contributed by atoms with Gasteiger partial charge >= 0.3 is 5.97 Å². The van der Waals surface area contributed by atoms with E-state index in [1.54, 1.807) is 13.0 Å². The molecule has 0 bridgehead atoms. The van der Waals surface area contributed by atoms with E-state index in [2.05, 4.69) is 0 Å². The van der Waals surface area contributed by atoms with Crippen molar-refractivity contribution in [3.05, 3.63) is 11.6 Å². The first-order chi connectivity index (χ1) is 8.24. The van der Waals surface area contributed by atoms with Gasteiger partial charge in [-0.2, -0.15) is 0 Å². The first-order valence-corrected chi connectivity index (χ1v) is 6.65. The van der Waals surface area contributed by atoms with Gasteiger partial charge in [0.2, 0.25) is 0 Å². The summed E-state index contributed by atoms with van der Waals surface area (Å²) < 4.78 is 5.02. The number of allylic oxidation sites excluding steroid dienone is 2. The second-order valence-electron chi connectivity index (χ2n) is 4.91. The molecule has 0 N–H and O–H groups in total. The van der Waals surface area contributed by atoms with Gasteiger partial charge in [-0.05, 0) is 32.3 Å². The molecule has 0 aromatic carbocycles. The van der Waals surface area contributed by atoms with Gasteiger partial charge in [0.25, 0.3) is 0 Å². The summed E-state index contributed by atoms with van der Waals surface area (Å²) in [5.41, 5.74) is 1.19. The van der Waals surface area contributed by atoms with Gasteiger partial charge in [0.15, 0.2) is 5.78 Å². The molecule has 1 saturated carbocycles. The van der Waals surface area contributed by atoms with E-state index in [-0.39, 0.29) is 17.7 Å². The normalized spacial score (nSPS) is 29.0. The molecule has 0 spiro atoms. The molecular weight excluding hydrogens is 216 g/mol. The highest BCUT2D eigenvalue weighted by molar-refractivity contribution is 6.08. The number of carbonyl (C=O) groups is 2. The Morgan fingerprint density at radius 2 is 2.12 bits per heavy atom. The van der Waals surface area contributed by atoms with Crippen molar-refractivity contribution >= 4 is 11.8 Å². The Labute approximate surface area is 102 Å². The van der Waals surface area contributed by atoms with Gasteiger partial charge in [-0.25, -0.2) is 0 Å². The minimum atomic E-state index is -0.539. The molecule has 0 unspecified atom stereocenters. The first kappa shape index (κ1) is 12.3. The molecule has 3 nitrogen and oxygen atoms in total. The Morgan fingerprint density at radius 1 is 1.35 bits per heavy atom. The number of hydrogen-bond donors (Lipinski definition) is 0. The largest absolute Gasteiger partial charge is 0.465 e. The maximum atomic E-state index is 11.9. The second kappa shape index (κ2) is 5.48. The zero-order chi connectivity index (χ0) is 12.3. The third kappa shape index (κ3) is 2.59. The van der Waals surface area contributed by atoms with Gasteiger partial charge < -0.3 is 4.74 Å². The van der Waals surface area contributed by atoms with Crippen molar-refractivity contribution in [1.29, 1.82) is 0 Å². The topological polar surface area (TPSA) is 43.4 Å². The van der Waals surface area contributed by atoms with Gasteiger partial charge in [-0.3, -0.25) is 9.59 Å². The Morgan fingerprint density at radius 3 is 2.88 bits per heavy atom. The standard InChI is InChI=1S/C14H20O3/c1-2-17-14(16)13-11-8-6-4-3-5-7-10(11)9-12(13)15/h9,11,13H,2-8H2,1H3/t11-,13-/m0/s1. The maximum Gasteiger partial charge on any atom is 0.317 e. The first-order valence-electron chi connectivity index (χ1n) is 6.65. The number of ketones is 1. The molecule has 3 heteroatoms. The van der Waals surface area contributed by atoms with Crippen LogP contribution in [0.1, 0.15) is 45.4 Å². The van der Waals surface area contributed by atoms with Crippen molar-refractivity contribution in [2.45, 2.75) is 45.4 Å². The van der Waals surface area contributed by atoms with Crippen LogP contribution in [-0.2, 0) is 14.3 Å². The lowest BCUT2D eigenvalue weighted by Crippen LogP contribution is -2.29. The van der Waals surface area contributed by atoms with E-state index >= 15 is 0 Å². The number of rotatable bonds is 2. The van der Waals surface area contributed by atoms with Crippen LogP contribution in [0.4, 0.5) is 0 Å². The van der Waals surface area contributed by atoms with Crippen molar-refractivity contribution < 1.29 is 14.3 Å². The van der Waals surface area contributed by atoms with Crippen LogP contribution in [0.2, 0.25) is 0 Å². The van der Waals surface area contributed by atoms with Crippen LogP contribution in [0.25, 0.3) is 0 Å². The van der Waals surface area contributed by atoms with Crippen molar-refractivity contribution in [3.8, 4) is 0 Å². The quantitative estimate of drug-likeness (QED) is 0.547. The smallest absolute Gasteiger partial charge is 0.317 e. The summed E-state index contributed by atoms with van der Waals surface area (Å²) in [5, 5.41) is 0. The molecule has 0 heterocycles. The fraction of sp³-hybridized carbons (Fsp3) is 0.714. The third-order valence-electron chi connectivity index (χ3n) is 3.78. The van der Waals surface area contributed by atoms with Crippen LogP contribution < -0.4 is 0 Å². The summed E-state index contributed by atoms with van der Waals surface area (Å²) in [5.74, 6) is -0.774. The monoisotopic (exact) mass is 236 g/mol. The summed E-state index contributed by atoms with van der Waals surface area (Å²) in [6, 6.07) is 0. The third-order valence-corrected chi connectivity index (χ3v) is 3.78. The van der Waals surface area contributed by atoms with Gasteiger partial charge in [-0.1, -0.05) is 24.8 Å². The summed E-state index contributed by atoms with van der Waals surface area (Å²) in [6.45, 7) is 2.13. The lowest BCUT2D eigenvalue weighted by atomic mass is 9.82. The summed E-state index contributed by atoms with van der Waals surface area (Å²) >= 11 is 0. The molecule has 0 aliphatic heterocycles. The van der Waals surface area contributed by atoms with E-state index in [0.717, 1.165) is 25.7 Å². The van der Waals surface area contributed by atoms with Gasteiger partial charge in [-0.15, -0.1) is 0 Å². The lowest BCUT2D eigenvalue weighted by Gasteiger charge is -2.22. The Kier molecular flexibility index (Phi) is 3.97. The molecule has 2 atom stereocenters. The molecule has 94 valence electrons. The average molecular weight is 236 g/mol. The zero-order valence-corrected chi connectivity index (χ0v) is 10.4. The SMILES string of the molecule is CCOC(=O)[C@@H]1C(=O)C=C2CCCCCC[C@@H]21. The highest BCUT2D eigenvalue weighted by Gasteiger charge is 2.41. The molecule has 0 aromatic rings. The number of hydrogen-bond acceptors (Lipinski definition) is 3. The highest BCUT2D eigenvalue weighted by Crippen LogP contribution is 2.38. The van der Waals surface area contributed by atoms with Gasteiger partial charge in [0.05, 0.1) is 6.61 Å². The van der Waals surface area contributed by atoms with Crippen LogP contribution >= 0.6 is 0 Å². The van der Waals surface area contributed by atoms with E-state index in [1.165, 1.54) is 18.4 Å². The molecule has 17 heavy (non-hydrogen) atoms. The van der Waals surface area contributed by atoms with Crippen molar-refractivity contribution in [3.63, 3.8) is 0 Å². The van der Waals surface area contributed by atoms with E-state index < -0.39 is 5.92 Å². The van der Waals surface area contributed by atoms with Crippen LogP contribution in [0.3, 0.4) is 0 Å². The van der Waals surface area contributed by atoms with Crippen molar-refractivity contribution in [1.82, 2.24) is 0 Å². The van der Waals surface area contributed by atoms with Crippen LogP contribution in [-0.4, -0.2) is 18.4 Å². The molecular formula is C14H20O3. The average Bonchev–Trinajstić information content (AvgIpc) is 2.55. The lowest BCUT2D eigenvalue weighted by molar-refractivity contribution is -0.151. The Balaban J connectivity index is 2.13. The molecule has 0 saturated heterocycles. The Bertz CT molecular complexity index is 343. The highest BCUT2D eigenvalue weighted by atomic mass is 16.5. The van der Waals surface area contributed by atoms with E-state index in [0.29, 0.717) is 6.61 Å². The minimum absolute atomic E-state index is 0.0367. The molecule has 0 aromatic heterocycles. The van der Waals surface area contributed by atoms with Crippen LogP contribution in [0, 0.1) is 11.8 Å². The summed E-state index contributed by atoms with van der Waals surface area (Å²) in [7, 11) is 0. The predicted molar refractivity (Wildman–Crippen MR) is 64.4 cm³/mol. The molecule has 0 amide bonds. The van der Waals surface area contributed by atoms with Crippen molar-refractivity contribution in [2.24, 2.45) is 11.8 Å². The van der Waals surface area contributed by atoms with E-state index in [4.69, 9.17) is 4.74 Å². The van der Waals surface area contributed by atoms with E-state index in [9.17, 15) is 9.59 Å². The number of fused-ring (bicyclic) bond motifs is 1. The molecule has 1 fully saturated rings. The molecule has 2 rings (SSSR count). The number of ether oxygens (including phenoxy) is 1. The summed E-state index contributed by atoms with van der Waals surface area (Å²) in [6.07, 6.45) is 8.36. The fourth-order valence-corrected chi connectivity index (χ4v) is 2.96. The van der Waals surface area contributed by atoms with E-state index in [1.807, 2.05) is 0 Å². The molecule has 2 aliphatic carbocycles. The zero-order valence-electron chi connectivity index (χ0n) is 10.4. The van der Waals surface area contributed by atoms with Gasteiger partial charge in [0, 0.05) is 5.92 Å². The predicted octanol–water partition coefficient (Wildman–Crippen LogP) is 2.65. The van der Waals surface area contributed by atoms with Crippen molar-refractivity contribution in [2.75, 3.05) is 6.61 Å². The van der Waals surface area contributed by atoms with Crippen LogP contribution in [0.15, 0.2) is 11.6 Å². The second-order valence-corrected chi connectivity index (χ2v) is 4.91. The number of esters is 1. The number of carbonyl (C=O) groups excluding carboxylic acids is 2. The van der Waals surface area contributed by atoms with Gasteiger partial charge in [0.1, 0.15) is 5.92 Å². The molecule has 2 aliphatic rings. The fourth-order valence-electron chi connectivity index (χ4n) is 2.96. The maximum absolute atomic E-state index is 11.9.